The molecule has 1 aliphatic carbocycles. The number of esters is 1. The molecule has 0 atom stereocenters. The Balaban J connectivity index is 2.24. The summed E-state index contributed by atoms with van der Waals surface area (Å²) in [6.45, 7) is 0. The lowest BCUT2D eigenvalue weighted by atomic mass is 10.1. The van der Waals surface area contributed by atoms with Crippen LogP contribution in [0.25, 0.3) is 0 Å². The molecule has 0 N–H and O–H groups in total. The molecule has 2 nitrogen and oxygen atoms in total. The number of rotatable bonds is 2. The number of hydrogen-bond acceptors (Lipinski definition) is 2. The molecular formula is C9H15IO2. The van der Waals surface area contributed by atoms with Crippen LogP contribution < -0.4 is 0 Å². The van der Waals surface area contributed by atoms with Crippen molar-refractivity contribution in [3.63, 3.8) is 0 Å². The van der Waals surface area contributed by atoms with Crippen molar-refractivity contribution in [1.82, 2.24) is 0 Å². The van der Waals surface area contributed by atoms with Crippen molar-refractivity contribution in [3.05, 3.63) is 0 Å². The Morgan fingerprint density at radius 3 is 2.33 bits per heavy atom. The second-order valence-electron chi connectivity index (χ2n) is 3.24. The number of carbonyl (C=O) groups excluding carboxylic acids is 1. The van der Waals surface area contributed by atoms with Gasteiger partial charge in [0, 0.05) is 0 Å². The van der Waals surface area contributed by atoms with Crippen LogP contribution in [0.4, 0.5) is 0 Å². The Morgan fingerprint density at radius 2 is 1.83 bits per heavy atom. The lowest BCUT2D eigenvalue weighted by molar-refractivity contribution is -0.145. The Morgan fingerprint density at radius 1 is 1.25 bits per heavy atom. The van der Waals surface area contributed by atoms with Gasteiger partial charge in [0.25, 0.3) is 0 Å². The van der Waals surface area contributed by atoms with Crippen molar-refractivity contribution in [2.24, 2.45) is 0 Å². The molecule has 0 aromatic heterocycles. The Kier molecular flexibility index (Phi) is 4.95. The third kappa shape index (κ3) is 3.74. The van der Waals surface area contributed by atoms with Crippen molar-refractivity contribution >= 4 is 28.6 Å². The minimum atomic E-state index is -0.0532. The molecule has 1 aliphatic rings. The fraction of sp³-hybridized carbons (Fsp3) is 0.889. The van der Waals surface area contributed by atoms with Crippen molar-refractivity contribution < 1.29 is 9.53 Å². The van der Waals surface area contributed by atoms with E-state index in [1.807, 2.05) is 22.6 Å². The van der Waals surface area contributed by atoms with Crippen LogP contribution in [0.5, 0.6) is 0 Å². The molecule has 0 aliphatic heterocycles. The average molecular weight is 282 g/mol. The number of carbonyl (C=O) groups is 1. The highest BCUT2D eigenvalue weighted by Crippen LogP contribution is 2.19. The van der Waals surface area contributed by atoms with Crippen LogP contribution in [-0.2, 0) is 9.53 Å². The average Bonchev–Trinajstić information content (AvgIpc) is 2.33. The summed E-state index contributed by atoms with van der Waals surface area (Å²) in [4.78, 5) is 11.0. The topological polar surface area (TPSA) is 26.3 Å². The zero-order valence-electron chi connectivity index (χ0n) is 7.22. The van der Waals surface area contributed by atoms with E-state index in [-0.39, 0.29) is 12.1 Å². The van der Waals surface area contributed by atoms with Gasteiger partial charge >= 0.3 is 5.97 Å². The molecule has 70 valence electrons. The normalized spacial score (nSPS) is 20.1. The molecule has 0 amide bonds. The molecule has 0 bridgehead atoms. The third-order valence-electron chi connectivity index (χ3n) is 2.21. The first kappa shape index (κ1) is 10.3. The second-order valence-corrected chi connectivity index (χ2v) is 4.00. The van der Waals surface area contributed by atoms with Gasteiger partial charge in [-0.3, -0.25) is 4.79 Å². The van der Waals surface area contributed by atoms with E-state index in [0.717, 1.165) is 12.8 Å². The minimum absolute atomic E-state index is 0.0532. The summed E-state index contributed by atoms with van der Waals surface area (Å²) in [7, 11) is 0. The Bertz CT molecular complexity index is 139. The summed E-state index contributed by atoms with van der Waals surface area (Å²) >= 11 is 2.04. The van der Waals surface area contributed by atoms with Gasteiger partial charge in [-0.25, -0.2) is 0 Å². The maximum absolute atomic E-state index is 11.0. The second kappa shape index (κ2) is 5.78. The number of ether oxygens (including phenoxy) is 1. The van der Waals surface area contributed by atoms with Crippen molar-refractivity contribution in [2.75, 3.05) is 4.43 Å². The fourth-order valence-corrected chi connectivity index (χ4v) is 1.76. The first-order valence-electron chi connectivity index (χ1n) is 4.58. The molecule has 1 saturated carbocycles. The number of alkyl halides is 1. The first-order valence-corrected chi connectivity index (χ1v) is 6.11. The Labute approximate surface area is 87.2 Å². The van der Waals surface area contributed by atoms with Gasteiger partial charge in [0.1, 0.15) is 6.10 Å². The van der Waals surface area contributed by atoms with Gasteiger partial charge in [-0.1, -0.05) is 35.4 Å². The van der Waals surface area contributed by atoms with E-state index in [0.29, 0.717) is 4.43 Å². The summed E-state index contributed by atoms with van der Waals surface area (Å²) in [5.74, 6) is -0.0532. The smallest absolute Gasteiger partial charge is 0.316 e. The van der Waals surface area contributed by atoms with Gasteiger partial charge in [-0.2, -0.15) is 0 Å². The molecule has 0 heterocycles. The molecule has 0 radical (unpaired) electrons. The maximum atomic E-state index is 11.0. The SMILES string of the molecule is O=C(CI)OC1CCCCCC1. The molecule has 0 spiro atoms. The van der Waals surface area contributed by atoms with Gasteiger partial charge in [0.2, 0.25) is 0 Å². The van der Waals surface area contributed by atoms with E-state index in [2.05, 4.69) is 0 Å². The highest BCUT2D eigenvalue weighted by atomic mass is 127. The monoisotopic (exact) mass is 282 g/mol. The summed E-state index contributed by atoms with van der Waals surface area (Å²) in [5, 5.41) is 0. The third-order valence-corrected chi connectivity index (χ3v) is 2.83. The molecule has 0 aromatic carbocycles. The highest BCUT2D eigenvalue weighted by Gasteiger charge is 2.15. The Hall–Kier alpha value is 0.200. The van der Waals surface area contributed by atoms with Crippen molar-refractivity contribution in [3.8, 4) is 0 Å². The van der Waals surface area contributed by atoms with Crippen LogP contribution >= 0.6 is 22.6 Å². The van der Waals surface area contributed by atoms with Crippen molar-refractivity contribution in [1.29, 1.82) is 0 Å². The number of halogens is 1. The van der Waals surface area contributed by atoms with Crippen molar-refractivity contribution in [2.45, 2.75) is 44.6 Å². The standard InChI is InChI=1S/C9H15IO2/c10-7-9(11)12-8-5-3-1-2-4-6-8/h8H,1-7H2. The van der Waals surface area contributed by atoms with E-state index < -0.39 is 0 Å². The van der Waals surface area contributed by atoms with Crippen LogP contribution in [0, 0.1) is 0 Å². The molecular weight excluding hydrogens is 267 g/mol. The maximum Gasteiger partial charge on any atom is 0.316 e. The lowest BCUT2D eigenvalue weighted by Crippen LogP contribution is -2.17. The molecule has 0 aromatic rings. The quantitative estimate of drug-likeness (QED) is 0.337. The molecule has 1 rings (SSSR count). The van der Waals surface area contributed by atoms with Crippen LogP contribution in [-0.4, -0.2) is 16.5 Å². The predicted octanol–water partition coefficient (Wildman–Crippen LogP) is 2.69. The number of hydrogen-bond donors (Lipinski definition) is 0. The largest absolute Gasteiger partial charge is 0.462 e. The van der Waals surface area contributed by atoms with Crippen LogP contribution in [0.1, 0.15) is 38.5 Å². The summed E-state index contributed by atoms with van der Waals surface area (Å²) in [6.07, 6.45) is 7.41. The molecule has 3 heteroatoms. The predicted molar refractivity (Wildman–Crippen MR) is 56.5 cm³/mol. The van der Waals surface area contributed by atoms with E-state index in [1.165, 1.54) is 25.7 Å². The van der Waals surface area contributed by atoms with Gasteiger partial charge in [0.05, 0.1) is 4.43 Å². The van der Waals surface area contributed by atoms with E-state index >= 15 is 0 Å². The highest BCUT2D eigenvalue weighted by molar-refractivity contribution is 14.1. The van der Waals surface area contributed by atoms with Gasteiger partial charge in [-0.15, -0.1) is 0 Å². The van der Waals surface area contributed by atoms with E-state index in [9.17, 15) is 4.79 Å². The zero-order valence-corrected chi connectivity index (χ0v) is 9.38. The summed E-state index contributed by atoms with van der Waals surface area (Å²) in [6, 6.07) is 0. The van der Waals surface area contributed by atoms with E-state index in [1.54, 1.807) is 0 Å². The minimum Gasteiger partial charge on any atom is -0.462 e. The van der Waals surface area contributed by atoms with Gasteiger partial charge in [0.15, 0.2) is 0 Å². The summed E-state index contributed by atoms with van der Waals surface area (Å²) < 4.78 is 5.75. The summed E-state index contributed by atoms with van der Waals surface area (Å²) in [5.41, 5.74) is 0. The van der Waals surface area contributed by atoms with Crippen LogP contribution in [0.3, 0.4) is 0 Å². The molecule has 1 fully saturated rings. The van der Waals surface area contributed by atoms with Crippen LogP contribution in [0.15, 0.2) is 0 Å². The zero-order chi connectivity index (χ0) is 8.81. The molecule has 0 saturated heterocycles. The fourth-order valence-electron chi connectivity index (χ4n) is 1.58. The first-order chi connectivity index (χ1) is 5.83. The van der Waals surface area contributed by atoms with E-state index in [4.69, 9.17) is 4.74 Å². The van der Waals surface area contributed by atoms with Crippen LogP contribution in [0.2, 0.25) is 0 Å². The van der Waals surface area contributed by atoms with Gasteiger partial charge < -0.3 is 4.74 Å². The molecule has 0 unspecified atom stereocenters. The van der Waals surface area contributed by atoms with Gasteiger partial charge in [-0.05, 0) is 25.7 Å². The molecule has 12 heavy (non-hydrogen) atoms. The lowest BCUT2D eigenvalue weighted by Gasteiger charge is -2.13.